The van der Waals surface area contributed by atoms with Crippen molar-refractivity contribution in [1.82, 2.24) is 10.2 Å². The molecule has 35 heavy (non-hydrogen) atoms. The number of hydrogen-bond donors (Lipinski definition) is 1. The van der Waals surface area contributed by atoms with Crippen LogP contribution in [0.25, 0.3) is 0 Å². The van der Waals surface area contributed by atoms with E-state index in [1.807, 2.05) is 6.08 Å². The van der Waals surface area contributed by atoms with E-state index in [1.165, 1.54) is 54.4 Å². The Labute approximate surface area is 216 Å². The first-order valence-electron chi connectivity index (χ1n) is 14.3. The fraction of sp³-hybridized carbons (Fsp3) is 0.719. The molecule has 1 amide bonds. The summed E-state index contributed by atoms with van der Waals surface area (Å²) in [4.78, 5) is 15.3. The lowest BCUT2D eigenvalue weighted by atomic mass is 9.54. The van der Waals surface area contributed by atoms with E-state index in [2.05, 4.69) is 70.0 Å². The zero-order chi connectivity index (χ0) is 25.4. The number of rotatable bonds is 13. The van der Waals surface area contributed by atoms with Crippen LogP contribution in [0.5, 0.6) is 0 Å². The zero-order valence-electron chi connectivity index (χ0n) is 23.5. The van der Waals surface area contributed by atoms with Gasteiger partial charge in [0.1, 0.15) is 0 Å². The van der Waals surface area contributed by atoms with Crippen LogP contribution in [0.2, 0.25) is 0 Å². The molecular weight excluding hydrogens is 428 g/mol. The van der Waals surface area contributed by atoms with Gasteiger partial charge in [-0.2, -0.15) is 0 Å². The molecule has 3 nitrogen and oxygen atoms in total. The van der Waals surface area contributed by atoms with E-state index in [0.717, 1.165) is 62.4 Å². The number of allylic oxidation sites excluding steroid dienone is 6. The first kappa shape index (κ1) is 28.0. The number of nitrogens with zero attached hydrogens (tertiary/aromatic N) is 1. The van der Waals surface area contributed by atoms with Crippen LogP contribution in [0.15, 0.2) is 46.6 Å². The van der Waals surface area contributed by atoms with Gasteiger partial charge in [-0.05, 0) is 123 Å². The number of nitrogens with one attached hydrogen (secondary N) is 1. The van der Waals surface area contributed by atoms with Gasteiger partial charge in [0.25, 0.3) is 0 Å². The predicted molar refractivity (Wildman–Crippen MR) is 150 cm³/mol. The summed E-state index contributed by atoms with van der Waals surface area (Å²) in [5, 5.41) is 3.93. The number of carbonyl (C=O) groups is 1. The van der Waals surface area contributed by atoms with E-state index in [-0.39, 0.29) is 5.91 Å². The summed E-state index contributed by atoms with van der Waals surface area (Å²) in [6.07, 6.45) is 20.1. The summed E-state index contributed by atoms with van der Waals surface area (Å²) in [6.45, 7) is 15.3. The molecule has 0 radical (unpaired) electrons. The lowest BCUT2D eigenvalue weighted by Crippen LogP contribution is -2.55. The van der Waals surface area contributed by atoms with Gasteiger partial charge in [-0.15, -0.1) is 0 Å². The molecule has 0 aliphatic heterocycles. The molecule has 4 aliphatic rings. The second-order valence-electron chi connectivity index (χ2n) is 12.4. The summed E-state index contributed by atoms with van der Waals surface area (Å²) in [6, 6.07) is 0.683. The normalized spacial score (nSPS) is 27.7. The van der Waals surface area contributed by atoms with Crippen LogP contribution in [-0.4, -0.2) is 36.5 Å². The molecular formula is C32H52N2O. The average Bonchev–Trinajstić information content (AvgIpc) is 2.76. The molecule has 4 fully saturated rings. The monoisotopic (exact) mass is 480 g/mol. The van der Waals surface area contributed by atoms with Crippen molar-refractivity contribution >= 4 is 5.91 Å². The molecule has 0 heterocycles. The minimum absolute atomic E-state index is 0.167. The van der Waals surface area contributed by atoms with Crippen LogP contribution in [0.4, 0.5) is 0 Å². The Balaban J connectivity index is 1.56. The van der Waals surface area contributed by atoms with Gasteiger partial charge in [0, 0.05) is 31.8 Å². The number of amides is 1. The van der Waals surface area contributed by atoms with Crippen LogP contribution in [0.1, 0.15) is 99.3 Å². The highest BCUT2D eigenvalue weighted by atomic mass is 16.2. The lowest BCUT2D eigenvalue weighted by molar-refractivity contribution is -0.125. The number of carbonyl (C=O) groups excluding carboxylic acids is 1. The number of hydrogen-bond acceptors (Lipinski definition) is 2. The molecule has 4 saturated carbocycles. The van der Waals surface area contributed by atoms with Crippen molar-refractivity contribution in [3.8, 4) is 0 Å². The topological polar surface area (TPSA) is 32.3 Å². The molecule has 0 saturated heterocycles. The van der Waals surface area contributed by atoms with Crippen LogP contribution < -0.4 is 5.32 Å². The van der Waals surface area contributed by atoms with Gasteiger partial charge in [-0.25, -0.2) is 0 Å². The molecule has 3 heteroatoms. The molecule has 196 valence electrons. The molecule has 1 N–H and O–H groups in total. The van der Waals surface area contributed by atoms with Crippen molar-refractivity contribution in [2.45, 2.75) is 105 Å². The van der Waals surface area contributed by atoms with E-state index in [1.54, 1.807) is 0 Å². The second kappa shape index (κ2) is 13.6. The van der Waals surface area contributed by atoms with Crippen molar-refractivity contribution in [2.24, 2.45) is 23.7 Å². The smallest absolute Gasteiger partial charge is 0.246 e. The van der Waals surface area contributed by atoms with E-state index in [0.29, 0.717) is 12.6 Å². The van der Waals surface area contributed by atoms with Gasteiger partial charge in [-0.1, -0.05) is 40.5 Å². The van der Waals surface area contributed by atoms with Crippen LogP contribution in [-0.2, 0) is 4.79 Å². The summed E-state index contributed by atoms with van der Waals surface area (Å²) < 4.78 is 0. The molecule has 4 aliphatic carbocycles. The van der Waals surface area contributed by atoms with Crippen molar-refractivity contribution in [1.29, 1.82) is 0 Å². The quantitative estimate of drug-likeness (QED) is 0.217. The highest BCUT2D eigenvalue weighted by molar-refractivity contribution is 5.88. The van der Waals surface area contributed by atoms with E-state index in [4.69, 9.17) is 0 Å². The summed E-state index contributed by atoms with van der Waals surface area (Å²) in [7, 11) is 0. The fourth-order valence-corrected chi connectivity index (χ4v) is 6.84. The summed E-state index contributed by atoms with van der Waals surface area (Å²) in [5.41, 5.74) is 5.27. The highest BCUT2D eigenvalue weighted by Crippen LogP contribution is 2.53. The Bertz CT molecular complexity index is 795. The van der Waals surface area contributed by atoms with Crippen LogP contribution >= 0.6 is 0 Å². The van der Waals surface area contributed by atoms with Gasteiger partial charge in [0.15, 0.2) is 0 Å². The van der Waals surface area contributed by atoms with Gasteiger partial charge in [0.05, 0.1) is 0 Å². The SMILES string of the molecule is CC(C)=CCC/C(C)=C/CN(CCNC1C2CC3CC(C2)CC1C3)C(=O)/C=C(\C)CCC=C(C)C. The van der Waals surface area contributed by atoms with Gasteiger partial charge >= 0.3 is 0 Å². The molecule has 4 bridgehead atoms. The van der Waals surface area contributed by atoms with Crippen molar-refractivity contribution in [3.05, 3.63) is 46.6 Å². The predicted octanol–water partition coefficient (Wildman–Crippen LogP) is 7.61. The van der Waals surface area contributed by atoms with Crippen molar-refractivity contribution in [3.63, 3.8) is 0 Å². The van der Waals surface area contributed by atoms with Crippen LogP contribution in [0.3, 0.4) is 0 Å². The maximum Gasteiger partial charge on any atom is 0.246 e. The third kappa shape index (κ3) is 9.08. The molecule has 0 atom stereocenters. The average molecular weight is 481 g/mol. The van der Waals surface area contributed by atoms with E-state index < -0.39 is 0 Å². The zero-order valence-corrected chi connectivity index (χ0v) is 23.5. The largest absolute Gasteiger partial charge is 0.334 e. The Morgan fingerprint density at radius 2 is 1.31 bits per heavy atom. The molecule has 0 spiro atoms. The Hall–Kier alpha value is -1.61. The maximum atomic E-state index is 13.3. The first-order chi connectivity index (χ1) is 16.7. The van der Waals surface area contributed by atoms with Gasteiger partial charge in [-0.3, -0.25) is 4.79 Å². The molecule has 0 unspecified atom stereocenters. The van der Waals surface area contributed by atoms with Crippen molar-refractivity contribution in [2.75, 3.05) is 19.6 Å². The van der Waals surface area contributed by atoms with Gasteiger partial charge < -0.3 is 10.2 Å². The lowest BCUT2D eigenvalue weighted by Gasteiger charge is -2.54. The molecule has 0 aromatic rings. The second-order valence-corrected chi connectivity index (χ2v) is 12.4. The summed E-state index contributed by atoms with van der Waals surface area (Å²) >= 11 is 0. The Morgan fingerprint density at radius 1 is 0.771 bits per heavy atom. The fourth-order valence-electron chi connectivity index (χ4n) is 6.84. The Kier molecular flexibility index (Phi) is 10.9. The van der Waals surface area contributed by atoms with E-state index in [9.17, 15) is 4.79 Å². The highest BCUT2D eigenvalue weighted by Gasteiger charge is 2.47. The molecule has 0 aromatic heterocycles. The van der Waals surface area contributed by atoms with Crippen molar-refractivity contribution < 1.29 is 4.79 Å². The third-order valence-corrected chi connectivity index (χ3v) is 8.51. The van der Waals surface area contributed by atoms with E-state index >= 15 is 0 Å². The minimum Gasteiger partial charge on any atom is -0.334 e. The Morgan fingerprint density at radius 3 is 1.86 bits per heavy atom. The molecule has 0 aromatic carbocycles. The standard InChI is InChI=1S/C32H52N2O/c1-23(2)9-7-11-25(5)13-15-34(31(35)17-26(6)12-8-10-24(3)4)16-14-33-32-29-19-27-18-28(21-29)22-30(32)20-27/h9-10,13,17,27-30,32-33H,7-8,11-12,14-16,18-22H2,1-6H3/b25-13+,26-17+. The van der Waals surface area contributed by atoms with Gasteiger partial charge in [0.2, 0.25) is 5.91 Å². The maximum absolute atomic E-state index is 13.3. The summed E-state index contributed by atoms with van der Waals surface area (Å²) in [5.74, 6) is 3.94. The molecule has 4 rings (SSSR count). The first-order valence-corrected chi connectivity index (χ1v) is 14.3. The third-order valence-electron chi connectivity index (χ3n) is 8.51. The minimum atomic E-state index is 0.167. The van der Waals surface area contributed by atoms with Crippen LogP contribution in [0, 0.1) is 23.7 Å².